The third kappa shape index (κ3) is 2.92. The number of piperidine rings is 1. The van der Waals surface area contributed by atoms with E-state index < -0.39 is 23.0 Å². The number of aromatic hydroxyl groups is 1. The second-order valence-corrected chi connectivity index (χ2v) is 11.9. The monoisotopic (exact) mass is 506 g/mol. The molecule has 7 rings (SSSR count). The van der Waals surface area contributed by atoms with Crippen molar-refractivity contribution in [1.29, 1.82) is 0 Å². The number of amides is 1. The molecule has 2 bridgehead atoms. The number of aliphatic hydroxyl groups excluding tert-OH is 1. The molecule has 8 heteroatoms. The summed E-state index contributed by atoms with van der Waals surface area (Å²) in [6.45, 7) is 1.72. The Hall–Kier alpha value is -2.68. The Morgan fingerprint density at radius 1 is 1.19 bits per heavy atom. The highest BCUT2D eigenvalue weighted by molar-refractivity contribution is 7.98. The van der Waals surface area contributed by atoms with Crippen molar-refractivity contribution in [3.05, 3.63) is 58.9 Å². The number of phenolic OH excluding ortho intramolecular Hbond substituents is 1. The second kappa shape index (κ2) is 7.66. The molecule has 0 radical (unpaired) electrons. The molecule has 0 unspecified atom stereocenters. The summed E-state index contributed by atoms with van der Waals surface area (Å²) in [5, 5.41) is 37.7. The molecule has 0 aromatic heterocycles. The van der Waals surface area contributed by atoms with Crippen LogP contribution in [0.4, 0.5) is 5.69 Å². The molecule has 2 aromatic carbocycles. The zero-order valence-electron chi connectivity index (χ0n) is 20.2. The number of nitrogens with zero attached hydrogens (tertiary/aromatic N) is 1. The van der Waals surface area contributed by atoms with Crippen LogP contribution in [0.5, 0.6) is 11.5 Å². The van der Waals surface area contributed by atoms with Crippen LogP contribution in [0.3, 0.4) is 0 Å². The van der Waals surface area contributed by atoms with E-state index in [4.69, 9.17) is 4.74 Å². The summed E-state index contributed by atoms with van der Waals surface area (Å²) in [6.07, 6.45) is 4.77. The Kier molecular flexibility index (Phi) is 4.79. The van der Waals surface area contributed by atoms with Crippen molar-refractivity contribution < 1.29 is 24.9 Å². The number of likely N-dealkylation sites (tertiary alicyclic amines) is 1. The van der Waals surface area contributed by atoms with Gasteiger partial charge in [-0.25, -0.2) is 0 Å². The Bertz CT molecular complexity index is 1310. The first kappa shape index (κ1) is 22.5. The van der Waals surface area contributed by atoms with Crippen molar-refractivity contribution in [2.24, 2.45) is 5.92 Å². The molecule has 4 N–H and O–H groups in total. The van der Waals surface area contributed by atoms with Gasteiger partial charge in [0.1, 0.15) is 5.76 Å². The number of phenols is 1. The van der Waals surface area contributed by atoms with Gasteiger partial charge in [-0.3, -0.25) is 9.69 Å². The molecule has 3 aliphatic carbocycles. The van der Waals surface area contributed by atoms with Crippen molar-refractivity contribution in [1.82, 2.24) is 4.90 Å². The van der Waals surface area contributed by atoms with Crippen LogP contribution < -0.4 is 10.1 Å². The Morgan fingerprint density at radius 2 is 1.97 bits per heavy atom. The van der Waals surface area contributed by atoms with Gasteiger partial charge in [-0.05, 0) is 80.3 Å². The maximum absolute atomic E-state index is 13.5. The fourth-order valence-corrected chi connectivity index (χ4v) is 7.66. The molecule has 5 aliphatic rings. The largest absolute Gasteiger partial charge is 0.508 e. The number of rotatable bonds is 5. The number of aliphatic hydroxyl groups is 2. The molecule has 1 amide bonds. The Morgan fingerprint density at radius 3 is 2.69 bits per heavy atom. The number of anilines is 1. The van der Waals surface area contributed by atoms with Crippen LogP contribution in [0.15, 0.2) is 52.6 Å². The molecule has 2 aliphatic heterocycles. The van der Waals surface area contributed by atoms with E-state index in [1.54, 1.807) is 17.8 Å². The topological polar surface area (TPSA) is 102 Å². The summed E-state index contributed by atoms with van der Waals surface area (Å²) in [5.41, 5.74) is 0.443. The van der Waals surface area contributed by atoms with E-state index in [0.717, 1.165) is 29.1 Å². The molecule has 188 valence electrons. The van der Waals surface area contributed by atoms with E-state index in [1.807, 2.05) is 36.6 Å². The summed E-state index contributed by atoms with van der Waals surface area (Å²) in [4.78, 5) is 17.0. The van der Waals surface area contributed by atoms with Gasteiger partial charge in [-0.1, -0.05) is 6.07 Å². The molecule has 2 aromatic rings. The van der Waals surface area contributed by atoms with Crippen molar-refractivity contribution in [2.75, 3.05) is 24.7 Å². The van der Waals surface area contributed by atoms with Crippen molar-refractivity contribution in [3.8, 4) is 11.5 Å². The van der Waals surface area contributed by atoms with Gasteiger partial charge in [-0.15, -0.1) is 11.8 Å². The van der Waals surface area contributed by atoms with E-state index in [2.05, 4.69) is 10.2 Å². The van der Waals surface area contributed by atoms with Crippen LogP contribution in [0.1, 0.15) is 36.8 Å². The molecular weight excluding hydrogens is 476 g/mol. The van der Waals surface area contributed by atoms with E-state index >= 15 is 0 Å². The van der Waals surface area contributed by atoms with E-state index in [1.165, 1.54) is 12.8 Å². The number of carbonyl (C=O) groups excluding carboxylic acids is 1. The first-order chi connectivity index (χ1) is 17.4. The fraction of sp³-hybridized carbons (Fsp3) is 0.464. The highest BCUT2D eigenvalue weighted by atomic mass is 32.2. The standard InChI is InChI=1S/C28H30N2O5S/c1-36-18-7-5-17(6-8-18)29-26(33)19-13-28(34)21-12-16-4-9-20(31)24-22(16)27(28,25(35-24)23(19)32)10-11-30(21)14-15-2-3-15/h4-9,15,21,25,31-32,34H,2-3,10-14H2,1H3,(H,29,33)/t21-,25+,27+,28-/m1/s1. The van der Waals surface area contributed by atoms with Gasteiger partial charge >= 0.3 is 0 Å². The van der Waals surface area contributed by atoms with Gasteiger partial charge in [0.25, 0.3) is 5.91 Å². The highest BCUT2D eigenvalue weighted by Crippen LogP contribution is 2.66. The predicted octanol–water partition coefficient (Wildman–Crippen LogP) is 3.74. The minimum Gasteiger partial charge on any atom is -0.508 e. The summed E-state index contributed by atoms with van der Waals surface area (Å²) in [7, 11) is 0. The van der Waals surface area contributed by atoms with E-state index in [9.17, 15) is 20.1 Å². The molecule has 4 atom stereocenters. The lowest BCUT2D eigenvalue weighted by molar-refractivity contribution is -0.172. The number of hydrogen-bond acceptors (Lipinski definition) is 7. The molecule has 2 fully saturated rings. The number of thioether (sulfide) groups is 1. The van der Waals surface area contributed by atoms with Crippen LogP contribution in [0.2, 0.25) is 0 Å². The number of nitrogens with one attached hydrogen (secondary N) is 1. The highest BCUT2D eigenvalue weighted by Gasteiger charge is 2.73. The third-order valence-corrected chi connectivity index (χ3v) is 9.88. The number of benzene rings is 2. The molecular formula is C28H30N2O5S. The molecule has 1 saturated carbocycles. The second-order valence-electron chi connectivity index (χ2n) is 11.0. The van der Waals surface area contributed by atoms with Crippen molar-refractivity contribution >= 4 is 23.4 Å². The zero-order valence-corrected chi connectivity index (χ0v) is 21.0. The summed E-state index contributed by atoms with van der Waals surface area (Å²) < 4.78 is 6.26. The molecule has 1 saturated heterocycles. The van der Waals surface area contributed by atoms with Crippen LogP contribution in [-0.2, 0) is 16.6 Å². The smallest absolute Gasteiger partial charge is 0.255 e. The predicted molar refractivity (Wildman–Crippen MR) is 137 cm³/mol. The van der Waals surface area contributed by atoms with Gasteiger partial charge in [-0.2, -0.15) is 0 Å². The third-order valence-electron chi connectivity index (χ3n) is 9.14. The van der Waals surface area contributed by atoms with Crippen LogP contribution in [0.25, 0.3) is 0 Å². The van der Waals surface area contributed by atoms with Gasteiger partial charge < -0.3 is 25.4 Å². The molecule has 7 nitrogen and oxygen atoms in total. The zero-order chi connectivity index (χ0) is 24.8. The first-order valence-corrected chi connectivity index (χ1v) is 13.9. The molecule has 1 spiro atoms. The summed E-state index contributed by atoms with van der Waals surface area (Å²) in [6, 6.07) is 10.9. The number of hydrogen-bond donors (Lipinski definition) is 4. The maximum Gasteiger partial charge on any atom is 0.255 e. The molecule has 2 heterocycles. The fourth-order valence-electron chi connectivity index (χ4n) is 7.25. The van der Waals surface area contributed by atoms with Crippen LogP contribution in [0, 0.1) is 5.92 Å². The van der Waals surface area contributed by atoms with Gasteiger partial charge in [0, 0.05) is 35.2 Å². The van der Waals surface area contributed by atoms with Crippen molar-refractivity contribution in [3.63, 3.8) is 0 Å². The van der Waals surface area contributed by atoms with Gasteiger partial charge in [0.15, 0.2) is 17.6 Å². The minimum atomic E-state index is -1.31. The quantitative estimate of drug-likeness (QED) is 0.458. The summed E-state index contributed by atoms with van der Waals surface area (Å²) in [5.74, 6) is 0.428. The SMILES string of the molecule is CSc1ccc(NC(=O)C2=C(O)[C@@H]3Oc4c(O)ccc5c4[C@@]34CCN(CC3CC3)[C@H](C5)[C@]4(O)C2)cc1. The normalized spacial score (nSPS) is 32.2. The van der Waals surface area contributed by atoms with E-state index in [-0.39, 0.29) is 29.5 Å². The van der Waals surface area contributed by atoms with Gasteiger partial charge in [0.2, 0.25) is 0 Å². The lowest BCUT2D eigenvalue weighted by Crippen LogP contribution is -2.75. The Labute approximate surface area is 214 Å². The molecule has 36 heavy (non-hydrogen) atoms. The van der Waals surface area contributed by atoms with E-state index in [0.29, 0.717) is 30.2 Å². The average Bonchev–Trinajstić information content (AvgIpc) is 3.61. The van der Waals surface area contributed by atoms with Crippen LogP contribution >= 0.6 is 11.8 Å². The Balaban J connectivity index is 1.33. The van der Waals surface area contributed by atoms with Gasteiger partial charge in [0.05, 0.1) is 16.6 Å². The average molecular weight is 507 g/mol. The summed E-state index contributed by atoms with van der Waals surface area (Å²) >= 11 is 1.62. The lowest BCUT2D eigenvalue weighted by atomic mass is 9.49. The first-order valence-electron chi connectivity index (χ1n) is 12.7. The lowest BCUT2D eigenvalue weighted by Gasteiger charge is -2.62. The minimum absolute atomic E-state index is 0.00594. The maximum atomic E-state index is 13.5. The van der Waals surface area contributed by atoms with Crippen LogP contribution in [-0.4, -0.2) is 63.2 Å². The number of carbonyl (C=O) groups is 1. The number of ether oxygens (including phenoxy) is 1. The van der Waals surface area contributed by atoms with Crippen molar-refractivity contribution in [2.45, 2.75) is 60.2 Å².